The molecule has 0 amide bonds. The molecule has 0 unspecified atom stereocenters. The maximum absolute atomic E-state index is 4.58. The molecule has 0 spiro atoms. The van der Waals surface area contributed by atoms with E-state index in [-0.39, 0.29) is 5.41 Å². The van der Waals surface area contributed by atoms with Gasteiger partial charge in [0.05, 0.1) is 5.69 Å². The Balaban J connectivity index is 2.31. The third kappa shape index (κ3) is 3.27. The molecule has 1 aliphatic rings. The highest BCUT2D eigenvalue weighted by atomic mass is 79.9. The summed E-state index contributed by atoms with van der Waals surface area (Å²) < 4.78 is 0.741. The van der Waals surface area contributed by atoms with Crippen LogP contribution in [-0.2, 0) is 5.41 Å². The van der Waals surface area contributed by atoms with E-state index in [0.717, 1.165) is 10.4 Å². The van der Waals surface area contributed by atoms with E-state index in [1.165, 1.54) is 37.8 Å². The molecule has 17 heavy (non-hydrogen) atoms. The highest BCUT2D eigenvalue weighted by molar-refractivity contribution is 9.10. The fourth-order valence-corrected chi connectivity index (χ4v) is 2.82. The van der Waals surface area contributed by atoms with E-state index in [0.29, 0.717) is 5.92 Å². The average Bonchev–Trinajstić information content (AvgIpc) is 2.28. The van der Waals surface area contributed by atoms with Crippen molar-refractivity contribution in [3.05, 3.63) is 22.2 Å². The number of rotatable bonds is 1. The van der Waals surface area contributed by atoms with Gasteiger partial charge in [-0.1, -0.05) is 40.0 Å². The number of nitrogens with zero attached hydrogens (tertiary/aromatic N) is 2. The molecule has 1 heterocycles. The third-order valence-corrected chi connectivity index (χ3v) is 3.87. The lowest BCUT2D eigenvalue weighted by Gasteiger charge is -2.24. The molecule has 1 aliphatic carbocycles. The molecular formula is C14H21BrN2. The van der Waals surface area contributed by atoms with E-state index < -0.39 is 0 Å². The van der Waals surface area contributed by atoms with E-state index in [2.05, 4.69) is 52.7 Å². The Morgan fingerprint density at radius 3 is 2.35 bits per heavy atom. The Morgan fingerprint density at radius 2 is 1.76 bits per heavy atom. The van der Waals surface area contributed by atoms with Gasteiger partial charge in [-0.3, -0.25) is 0 Å². The third-order valence-electron chi connectivity index (χ3n) is 3.51. The van der Waals surface area contributed by atoms with Crippen LogP contribution in [0.25, 0.3) is 0 Å². The lowest BCUT2D eigenvalue weighted by molar-refractivity contribution is 0.433. The van der Waals surface area contributed by atoms with Gasteiger partial charge in [0.25, 0.3) is 0 Å². The van der Waals surface area contributed by atoms with Crippen LogP contribution in [0, 0.1) is 0 Å². The Bertz CT molecular complexity index is 390. The fraction of sp³-hybridized carbons (Fsp3) is 0.714. The second-order valence-electron chi connectivity index (χ2n) is 6.03. The Kier molecular flexibility index (Phi) is 3.86. The summed E-state index contributed by atoms with van der Waals surface area (Å²) in [4.78, 5) is 9.08. The van der Waals surface area contributed by atoms with Gasteiger partial charge in [0.1, 0.15) is 0 Å². The Morgan fingerprint density at radius 1 is 1.12 bits per heavy atom. The van der Waals surface area contributed by atoms with Crippen molar-refractivity contribution in [1.82, 2.24) is 9.97 Å². The second kappa shape index (κ2) is 5.05. The summed E-state index contributed by atoms with van der Waals surface area (Å²) in [7, 11) is 0. The summed E-state index contributed by atoms with van der Waals surface area (Å²) in [5.74, 6) is 0.643. The molecule has 0 bridgehead atoms. The molecule has 2 nitrogen and oxygen atoms in total. The number of hydrogen-bond acceptors (Lipinski definition) is 2. The van der Waals surface area contributed by atoms with Crippen LogP contribution in [0.1, 0.15) is 70.2 Å². The first-order valence-electron chi connectivity index (χ1n) is 6.52. The van der Waals surface area contributed by atoms with E-state index in [9.17, 15) is 0 Å². The van der Waals surface area contributed by atoms with Crippen LogP contribution < -0.4 is 0 Å². The summed E-state index contributed by atoms with van der Waals surface area (Å²) in [6.45, 7) is 6.60. The lowest BCUT2D eigenvalue weighted by atomic mass is 9.85. The van der Waals surface area contributed by atoms with Crippen LogP contribution in [0.4, 0.5) is 0 Å². The Hall–Kier alpha value is -0.440. The maximum Gasteiger partial charge on any atom is 0.197 e. The summed E-state index contributed by atoms with van der Waals surface area (Å²) in [5.41, 5.74) is 2.46. The fourth-order valence-electron chi connectivity index (χ4n) is 2.43. The van der Waals surface area contributed by atoms with E-state index in [4.69, 9.17) is 0 Å². The van der Waals surface area contributed by atoms with Crippen LogP contribution in [-0.4, -0.2) is 9.97 Å². The highest BCUT2D eigenvalue weighted by Crippen LogP contribution is 2.33. The molecule has 0 radical (unpaired) electrons. The van der Waals surface area contributed by atoms with Crippen LogP contribution in [0.3, 0.4) is 0 Å². The van der Waals surface area contributed by atoms with Crippen molar-refractivity contribution in [3.8, 4) is 0 Å². The predicted molar refractivity (Wildman–Crippen MR) is 74.3 cm³/mol. The molecule has 1 aromatic rings. The molecule has 2 rings (SSSR count). The molecule has 0 atom stereocenters. The van der Waals surface area contributed by atoms with Gasteiger partial charge in [-0.05, 0) is 34.8 Å². The number of halogens is 1. The molecule has 0 aromatic carbocycles. The minimum Gasteiger partial charge on any atom is -0.227 e. The van der Waals surface area contributed by atoms with Crippen LogP contribution in [0.5, 0.6) is 0 Å². The van der Waals surface area contributed by atoms with Gasteiger partial charge >= 0.3 is 0 Å². The first-order valence-corrected chi connectivity index (χ1v) is 7.31. The molecule has 1 aromatic heterocycles. The van der Waals surface area contributed by atoms with Crippen LogP contribution in [0.15, 0.2) is 10.8 Å². The molecule has 0 aliphatic heterocycles. The smallest absolute Gasteiger partial charge is 0.197 e. The summed E-state index contributed by atoms with van der Waals surface area (Å²) >= 11 is 3.45. The zero-order valence-corrected chi connectivity index (χ0v) is 12.5. The van der Waals surface area contributed by atoms with Crippen molar-refractivity contribution >= 4 is 15.9 Å². The van der Waals surface area contributed by atoms with Gasteiger partial charge in [-0.25, -0.2) is 9.97 Å². The molecule has 3 heteroatoms. The molecule has 1 saturated carbocycles. The van der Waals surface area contributed by atoms with Crippen molar-refractivity contribution in [3.63, 3.8) is 0 Å². The van der Waals surface area contributed by atoms with Crippen LogP contribution in [0.2, 0.25) is 0 Å². The Labute approximate surface area is 112 Å². The first-order chi connectivity index (χ1) is 7.97. The summed E-state index contributed by atoms with van der Waals surface area (Å²) in [6, 6.07) is 2.21. The standard InChI is InChI=1S/C14H21BrN2/c1-14(2,3)12-9-11(16-13(15)17-12)10-7-5-4-6-8-10/h9-10H,4-8H2,1-3H3. The largest absolute Gasteiger partial charge is 0.227 e. The maximum atomic E-state index is 4.58. The van der Waals surface area contributed by atoms with E-state index in [1.54, 1.807) is 0 Å². The zero-order valence-electron chi connectivity index (χ0n) is 11.0. The zero-order chi connectivity index (χ0) is 12.5. The minimum absolute atomic E-state index is 0.0921. The van der Waals surface area contributed by atoms with Gasteiger partial charge in [-0.2, -0.15) is 0 Å². The summed E-state index contributed by atoms with van der Waals surface area (Å²) in [5, 5.41) is 0. The lowest BCUT2D eigenvalue weighted by Crippen LogP contribution is -2.16. The van der Waals surface area contributed by atoms with Gasteiger partial charge in [-0.15, -0.1) is 0 Å². The average molecular weight is 297 g/mol. The normalized spacial score (nSPS) is 18.4. The first kappa shape index (κ1) is 13.0. The van der Waals surface area contributed by atoms with Crippen LogP contribution >= 0.6 is 15.9 Å². The highest BCUT2D eigenvalue weighted by Gasteiger charge is 2.22. The monoisotopic (exact) mass is 296 g/mol. The minimum atomic E-state index is 0.0921. The van der Waals surface area contributed by atoms with E-state index >= 15 is 0 Å². The predicted octanol–water partition coefficient (Wildman–Crippen LogP) is 4.58. The van der Waals surface area contributed by atoms with Crippen molar-refractivity contribution in [2.45, 2.75) is 64.2 Å². The number of hydrogen-bond donors (Lipinski definition) is 0. The van der Waals surface area contributed by atoms with Crippen molar-refractivity contribution < 1.29 is 0 Å². The van der Waals surface area contributed by atoms with Gasteiger partial charge in [0, 0.05) is 17.0 Å². The summed E-state index contributed by atoms with van der Waals surface area (Å²) in [6.07, 6.45) is 6.64. The number of aromatic nitrogens is 2. The molecule has 94 valence electrons. The van der Waals surface area contributed by atoms with Crippen molar-refractivity contribution in [2.75, 3.05) is 0 Å². The van der Waals surface area contributed by atoms with Gasteiger partial charge < -0.3 is 0 Å². The topological polar surface area (TPSA) is 25.8 Å². The molecule has 0 saturated heterocycles. The second-order valence-corrected chi connectivity index (χ2v) is 6.74. The van der Waals surface area contributed by atoms with E-state index in [1.807, 2.05) is 0 Å². The molecule has 1 fully saturated rings. The van der Waals surface area contributed by atoms with Crippen molar-refractivity contribution in [2.24, 2.45) is 0 Å². The quantitative estimate of drug-likeness (QED) is 0.709. The SMILES string of the molecule is CC(C)(C)c1cc(C2CCCCC2)nc(Br)n1. The van der Waals surface area contributed by atoms with Gasteiger partial charge in [0.2, 0.25) is 0 Å². The molecular weight excluding hydrogens is 276 g/mol. The molecule has 0 N–H and O–H groups in total. The van der Waals surface area contributed by atoms with Crippen molar-refractivity contribution in [1.29, 1.82) is 0 Å². The van der Waals surface area contributed by atoms with Gasteiger partial charge in [0.15, 0.2) is 4.73 Å².